The summed E-state index contributed by atoms with van der Waals surface area (Å²) in [5.41, 5.74) is 0. The first-order valence-corrected chi connectivity index (χ1v) is 8.29. The lowest BCUT2D eigenvalue weighted by Gasteiger charge is -2.30. The molecule has 0 aromatic carbocycles. The number of nitrogens with one attached hydrogen (secondary N) is 1. The molecule has 2 fully saturated rings. The maximum Gasteiger partial charge on any atom is 0.317 e. The maximum atomic E-state index is 12.4. The molecule has 2 amide bonds. The fourth-order valence-corrected chi connectivity index (χ4v) is 3.61. The zero-order valence-corrected chi connectivity index (χ0v) is 13.3. The van der Waals surface area contributed by atoms with Crippen molar-refractivity contribution in [3.8, 4) is 0 Å². The molecular weight excluding hydrogens is 280 g/mol. The maximum absolute atomic E-state index is 12.4. The normalized spacial score (nSPS) is 28.8. The zero-order valence-electron chi connectivity index (χ0n) is 13.3. The van der Waals surface area contributed by atoms with E-state index in [4.69, 9.17) is 4.74 Å². The Morgan fingerprint density at radius 3 is 2.82 bits per heavy atom. The van der Waals surface area contributed by atoms with Crippen LogP contribution in [0.25, 0.3) is 0 Å². The van der Waals surface area contributed by atoms with E-state index in [1.165, 1.54) is 0 Å². The second kappa shape index (κ2) is 7.13. The second-order valence-corrected chi connectivity index (χ2v) is 6.50. The number of urea groups is 1. The van der Waals surface area contributed by atoms with E-state index in [0.29, 0.717) is 18.0 Å². The molecule has 6 nitrogen and oxygen atoms in total. The highest BCUT2D eigenvalue weighted by Gasteiger charge is 2.29. The van der Waals surface area contributed by atoms with Gasteiger partial charge in [0.05, 0.1) is 6.04 Å². The molecule has 22 heavy (non-hydrogen) atoms. The van der Waals surface area contributed by atoms with Crippen LogP contribution in [0.15, 0.2) is 18.5 Å². The number of nitrogens with zero attached hydrogens (tertiary/aromatic N) is 3. The van der Waals surface area contributed by atoms with Gasteiger partial charge in [0.2, 0.25) is 0 Å². The van der Waals surface area contributed by atoms with Gasteiger partial charge in [-0.15, -0.1) is 0 Å². The van der Waals surface area contributed by atoms with Crippen LogP contribution >= 0.6 is 0 Å². The van der Waals surface area contributed by atoms with Gasteiger partial charge in [0.25, 0.3) is 0 Å². The fourth-order valence-electron chi connectivity index (χ4n) is 3.61. The summed E-state index contributed by atoms with van der Waals surface area (Å²) in [7, 11) is 1.76. The average molecular weight is 306 g/mol. The van der Waals surface area contributed by atoms with Gasteiger partial charge >= 0.3 is 6.03 Å². The summed E-state index contributed by atoms with van der Waals surface area (Å²) in [5.74, 6) is 0.661. The lowest BCUT2D eigenvalue weighted by atomic mass is 9.86. The molecule has 1 aliphatic heterocycles. The van der Waals surface area contributed by atoms with Crippen molar-refractivity contribution in [1.82, 2.24) is 20.0 Å². The van der Waals surface area contributed by atoms with Crippen molar-refractivity contribution in [3.05, 3.63) is 18.5 Å². The van der Waals surface area contributed by atoms with Gasteiger partial charge in [-0.25, -0.2) is 4.79 Å². The highest BCUT2D eigenvalue weighted by molar-refractivity contribution is 5.74. The molecule has 1 unspecified atom stereocenters. The first-order valence-electron chi connectivity index (χ1n) is 8.29. The first kappa shape index (κ1) is 15.3. The average Bonchev–Trinajstić information content (AvgIpc) is 3.20. The molecule has 1 N–H and O–H groups in total. The number of carbonyl (C=O) groups excluding carboxylic acids is 1. The zero-order chi connectivity index (χ0) is 15.4. The molecule has 3 rings (SSSR count). The van der Waals surface area contributed by atoms with Crippen molar-refractivity contribution in [2.24, 2.45) is 5.92 Å². The van der Waals surface area contributed by atoms with Crippen molar-refractivity contribution in [1.29, 1.82) is 0 Å². The van der Waals surface area contributed by atoms with Crippen molar-refractivity contribution in [3.63, 3.8) is 0 Å². The predicted octanol–water partition coefficient (Wildman–Crippen LogP) is 2.04. The van der Waals surface area contributed by atoms with Crippen LogP contribution in [0.2, 0.25) is 0 Å². The van der Waals surface area contributed by atoms with Crippen molar-refractivity contribution < 1.29 is 9.53 Å². The Morgan fingerprint density at radius 1 is 1.32 bits per heavy atom. The van der Waals surface area contributed by atoms with Gasteiger partial charge < -0.3 is 15.0 Å². The lowest BCUT2D eigenvalue weighted by Crippen LogP contribution is -2.45. The summed E-state index contributed by atoms with van der Waals surface area (Å²) in [5, 5.41) is 7.49. The molecule has 1 atom stereocenters. The van der Waals surface area contributed by atoms with Crippen LogP contribution in [-0.2, 0) is 4.74 Å². The smallest absolute Gasteiger partial charge is 0.317 e. The molecule has 122 valence electrons. The second-order valence-electron chi connectivity index (χ2n) is 6.50. The van der Waals surface area contributed by atoms with Gasteiger partial charge in [0, 0.05) is 45.2 Å². The molecule has 2 heterocycles. The minimum Gasteiger partial charge on any atom is -0.384 e. The number of amides is 2. The number of likely N-dealkylation sites (tertiary alicyclic amines) is 1. The third kappa shape index (κ3) is 3.61. The quantitative estimate of drug-likeness (QED) is 0.926. The van der Waals surface area contributed by atoms with Gasteiger partial charge in [0.1, 0.15) is 0 Å². The number of hydrogen-bond acceptors (Lipinski definition) is 3. The van der Waals surface area contributed by atoms with Gasteiger partial charge in [-0.2, -0.15) is 5.10 Å². The molecule has 1 aliphatic carbocycles. The molecule has 0 radical (unpaired) electrons. The summed E-state index contributed by atoms with van der Waals surface area (Å²) in [4.78, 5) is 14.3. The monoisotopic (exact) mass is 306 g/mol. The van der Waals surface area contributed by atoms with Gasteiger partial charge in [-0.05, 0) is 44.1 Å². The van der Waals surface area contributed by atoms with Crippen LogP contribution in [0.5, 0.6) is 0 Å². The summed E-state index contributed by atoms with van der Waals surface area (Å²) in [6.07, 6.45) is 9.18. The first-order chi connectivity index (χ1) is 10.8. The van der Waals surface area contributed by atoms with Crippen LogP contribution in [0.1, 0.15) is 38.1 Å². The van der Waals surface area contributed by atoms with Crippen molar-refractivity contribution >= 4 is 6.03 Å². The third-order valence-corrected chi connectivity index (χ3v) is 4.93. The Morgan fingerprint density at radius 2 is 2.14 bits per heavy atom. The van der Waals surface area contributed by atoms with Gasteiger partial charge in [0.15, 0.2) is 0 Å². The fraction of sp³-hybridized carbons (Fsp3) is 0.750. The van der Waals surface area contributed by atoms with E-state index in [0.717, 1.165) is 51.8 Å². The summed E-state index contributed by atoms with van der Waals surface area (Å²) in [6, 6.07) is 2.66. The van der Waals surface area contributed by atoms with Crippen LogP contribution in [0, 0.1) is 5.92 Å². The lowest BCUT2D eigenvalue weighted by molar-refractivity contribution is 0.123. The Kier molecular flexibility index (Phi) is 4.97. The van der Waals surface area contributed by atoms with Crippen LogP contribution in [0.3, 0.4) is 0 Å². The summed E-state index contributed by atoms with van der Waals surface area (Å²) >= 11 is 0. The Hall–Kier alpha value is -1.56. The molecule has 0 bridgehead atoms. The summed E-state index contributed by atoms with van der Waals surface area (Å²) in [6.45, 7) is 2.42. The Labute approximate surface area is 131 Å². The van der Waals surface area contributed by atoms with Crippen molar-refractivity contribution in [2.75, 3.05) is 26.8 Å². The molecular formula is C16H26N4O2. The molecule has 1 saturated heterocycles. The molecule has 1 aromatic rings. The standard InChI is InChI=1S/C16H26N4O2/c1-22-12-13-3-5-14(6-4-13)18-16(21)19-10-7-15(11-19)20-9-2-8-17-20/h2,8-9,13-15H,3-7,10-12H2,1H3,(H,18,21). The highest BCUT2D eigenvalue weighted by Crippen LogP contribution is 2.25. The highest BCUT2D eigenvalue weighted by atomic mass is 16.5. The topological polar surface area (TPSA) is 59.4 Å². The van der Waals surface area contributed by atoms with Gasteiger partial charge in [-0.3, -0.25) is 4.68 Å². The van der Waals surface area contributed by atoms with Gasteiger partial charge in [-0.1, -0.05) is 0 Å². The number of carbonyl (C=O) groups is 1. The van der Waals surface area contributed by atoms with E-state index in [-0.39, 0.29) is 6.03 Å². The van der Waals surface area contributed by atoms with E-state index in [1.54, 1.807) is 13.3 Å². The largest absolute Gasteiger partial charge is 0.384 e. The Bertz CT molecular complexity index is 469. The van der Waals surface area contributed by atoms with Crippen LogP contribution < -0.4 is 5.32 Å². The van der Waals surface area contributed by atoms with E-state index < -0.39 is 0 Å². The summed E-state index contributed by atoms with van der Waals surface area (Å²) < 4.78 is 7.18. The number of methoxy groups -OCH3 is 1. The minimum atomic E-state index is 0.0878. The van der Waals surface area contributed by atoms with Crippen LogP contribution in [0.4, 0.5) is 4.79 Å². The Balaban J connectivity index is 1.43. The van der Waals surface area contributed by atoms with E-state index >= 15 is 0 Å². The molecule has 1 aromatic heterocycles. The number of aromatic nitrogens is 2. The molecule has 1 saturated carbocycles. The molecule has 6 heteroatoms. The van der Waals surface area contributed by atoms with Crippen LogP contribution in [-0.4, -0.2) is 53.6 Å². The van der Waals surface area contributed by atoms with Crippen molar-refractivity contribution in [2.45, 2.75) is 44.2 Å². The SMILES string of the molecule is COCC1CCC(NC(=O)N2CCC(n3cccn3)C2)CC1. The van der Waals surface area contributed by atoms with E-state index in [2.05, 4.69) is 10.4 Å². The third-order valence-electron chi connectivity index (χ3n) is 4.93. The number of rotatable bonds is 4. The number of ether oxygens (including phenoxy) is 1. The number of hydrogen-bond donors (Lipinski definition) is 1. The molecule has 0 spiro atoms. The van der Waals surface area contributed by atoms with E-state index in [9.17, 15) is 4.79 Å². The predicted molar refractivity (Wildman–Crippen MR) is 83.6 cm³/mol. The molecule has 2 aliphatic rings. The minimum absolute atomic E-state index is 0.0878. The van der Waals surface area contributed by atoms with E-state index in [1.807, 2.05) is 21.8 Å².